The first-order valence-corrected chi connectivity index (χ1v) is 7.00. The van der Waals surface area contributed by atoms with E-state index in [1.54, 1.807) is 0 Å². The molecule has 0 unspecified atom stereocenters. The molecule has 2 amide bonds. The quantitative estimate of drug-likeness (QED) is 0.773. The van der Waals surface area contributed by atoms with Crippen molar-refractivity contribution in [3.8, 4) is 0 Å². The number of pyridine rings is 1. The molecule has 21 heavy (non-hydrogen) atoms. The number of imidazole rings is 1. The van der Waals surface area contributed by atoms with E-state index in [0.717, 1.165) is 23.3 Å². The molecule has 0 aliphatic rings. The molecule has 0 aromatic carbocycles. The van der Waals surface area contributed by atoms with Crippen molar-refractivity contribution in [2.75, 3.05) is 13.1 Å². The molecule has 2 heterocycles. The Balaban J connectivity index is 1.80. The van der Waals surface area contributed by atoms with Gasteiger partial charge in [-0.3, -0.25) is 9.59 Å². The smallest absolute Gasteiger partial charge is 0.226 e. The zero-order chi connectivity index (χ0) is 15.2. The van der Waals surface area contributed by atoms with Crippen molar-refractivity contribution < 1.29 is 9.59 Å². The van der Waals surface area contributed by atoms with E-state index in [-0.39, 0.29) is 18.2 Å². The Labute approximate surface area is 123 Å². The number of rotatable bonds is 6. The Morgan fingerprint density at radius 1 is 1.29 bits per heavy atom. The minimum Gasteiger partial charge on any atom is -0.356 e. The van der Waals surface area contributed by atoms with Gasteiger partial charge in [-0.2, -0.15) is 0 Å². The van der Waals surface area contributed by atoms with Crippen LogP contribution >= 0.6 is 0 Å². The first-order chi connectivity index (χ1) is 10.0. The molecule has 2 aromatic rings. The Morgan fingerprint density at radius 2 is 2.05 bits per heavy atom. The van der Waals surface area contributed by atoms with Crippen molar-refractivity contribution in [1.29, 1.82) is 0 Å². The largest absolute Gasteiger partial charge is 0.356 e. The van der Waals surface area contributed by atoms with Crippen LogP contribution in [0.4, 0.5) is 0 Å². The van der Waals surface area contributed by atoms with Gasteiger partial charge in [0, 0.05) is 32.4 Å². The minimum absolute atomic E-state index is 0.0543. The molecule has 2 aromatic heterocycles. The predicted octanol–water partition coefficient (Wildman–Crippen LogP) is 0.828. The number of hydrogen-bond acceptors (Lipinski definition) is 3. The maximum Gasteiger partial charge on any atom is 0.226 e. The van der Waals surface area contributed by atoms with Gasteiger partial charge in [-0.25, -0.2) is 4.98 Å². The second kappa shape index (κ2) is 6.88. The number of carbonyl (C=O) groups is 2. The summed E-state index contributed by atoms with van der Waals surface area (Å²) in [6.45, 7) is 4.61. The van der Waals surface area contributed by atoms with Gasteiger partial charge in [0.25, 0.3) is 0 Å². The molecule has 0 radical (unpaired) electrons. The minimum atomic E-state index is -0.0575. The van der Waals surface area contributed by atoms with E-state index in [1.807, 2.05) is 35.9 Å². The first-order valence-electron chi connectivity index (χ1n) is 7.00. The molecule has 0 aliphatic heterocycles. The topological polar surface area (TPSA) is 75.5 Å². The lowest BCUT2D eigenvalue weighted by Gasteiger charge is -2.04. The van der Waals surface area contributed by atoms with Crippen LogP contribution in [0.3, 0.4) is 0 Å². The van der Waals surface area contributed by atoms with Crippen LogP contribution in [0.5, 0.6) is 0 Å². The van der Waals surface area contributed by atoms with Crippen molar-refractivity contribution >= 4 is 17.5 Å². The molecule has 0 saturated carbocycles. The fraction of sp³-hybridized carbons (Fsp3) is 0.400. The summed E-state index contributed by atoms with van der Waals surface area (Å²) in [5, 5.41) is 5.51. The monoisotopic (exact) mass is 288 g/mol. The van der Waals surface area contributed by atoms with Gasteiger partial charge in [-0.1, -0.05) is 0 Å². The summed E-state index contributed by atoms with van der Waals surface area (Å²) < 4.78 is 1.91. The Morgan fingerprint density at radius 3 is 2.81 bits per heavy atom. The highest BCUT2D eigenvalue weighted by atomic mass is 16.2. The van der Waals surface area contributed by atoms with Crippen LogP contribution in [-0.2, 0) is 16.0 Å². The molecule has 6 heteroatoms. The molecular formula is C15H20N4O2. The molecule has 112 valence electrons. The van der Waals surface area contributed by atoms with Crippen LogP contribution in [0.25, 0.3) is 5.65 Å². The molecule has 0 atom stereocenters. The van der Waals surface area contributed by atoms with Crippen molar-refractivity contribution in [1.82, 2.24) is 20.0 Å². The van der Waals surface area contributed by atoms with E-state index in [4.69, 9.17) is 0 Å². The second-order valence-electron chi connectivity index (χ2n) is 5.07. The lowest BCUT2D eigenvalue weighted by atomic mass is 10.3. The number of fused-ring (bicyclic) bond motifs is 1. The average molecular weight is 288 g/mol. The molecule has 2 rings (SSSR count). The summed E-state index contributed by atoms with van der Waals surface area (Å²) in [6, 6.07) is 3.98. The summed E-state index contributed by atoms with van der Waals surface area (Å²) in [7, 11) is 0. The fourth-order valence-corrected chi connectivity index (χ4v) is 2.03. The van der Waals surface area contributed by atoms with Gasteiger partial charge < -0.3 is 15.0 Å². The van der Waals surface area contributed by atoms with Gasteiger partial charge in [0.1, 0.15) is 5.65 Å². The van der Waals surface area contributed by atoms with Crippen molar-refractivity contribution in [2.24, 2.45) is 0 Å². The van der Waals surface area contributed by atoms with Gasteiger partial charge >= 0.3 is 0 Å². The van der Waals surface area contributed by atoms with Crippen LogP contribution in [0.15, 0.2) is 24.5 Å². The third kappa shape index (κ3) is 4.59. The summed E-state index contributed by atoms with van der Waals surface area (Å²) in [4.78, 5) is 26.9. The van der Waals surface area contributed by atoms with E-state index in [1.165, 1.54) is 6.92 Å². The average Bonchev–Trinajstić information content (AvgIpc) is 2.79. The number of carbonyl (C=O) groups excluding carboxylic acids is 2. The van der Waals surface area contributed by atoms with Gasteiger partial charge in [0.15, 0.2) is 0 Å². The lowest BCUT2D eigenvalue weighted by Crippen LogP contribution is -2.29. The zero-order valence-electron chi connectivity index (χ0n) is 12.3. The van der Waals surface area contributed by atoms with Crippen LogP contribution < -0.4 is 10.6 Å². The number of nitrogens with zero attached hydrogens (tertiary/aromatic N) is 2. The molecule has 0 saturated heterocycles. The maximum atomic E-state index is 11.8. The van der Waals surface area contributed by atoms with E-state index >= 15 is 0 Å². The maximum absolute atomic E-state index is 11.8. The Kier molecular flexibility index (Phi) is 4.92. The third-order valence-corrected chi connectivity index (χ3v) is 3.06. The van der Waals surface area contributed by atoms with Gasteiger partial charge in [0.05, 0.1) is 12.1 Å². The molecule has 6 nitrogen and oxygen atoms in total. The SMILES string of the molecule is CC(=O)NCCCNC(=O)Cc1cn2ccc(C)cc2n1. The molecule has 0 spiro atoms. The normalized spacial score (nSPS) is 10.6. The summed E-state index contributed by atoms with van der Waals surface area (Å²) in [5.74, 6) is -0.112. The Bertz CT molecular complexity index is 648. The molecule has 2 N–H and O–H groups in total. The van der Waals surface area contributed by atoms with Gasteiger partial charge in [0.2, 0.25) is 11.8 Å². The highest BCUT2D eigenvalue weighted by Gasteiger charge is 2.07. The fourth-order valence-electron chi connectivity index (χ4n) is 2.03. The molecular weight excluding hydrogens is 268 g/mol. The number of aryl methyl sites for hydroxylation is 1. The van der Waals surface area contributed by atoms with Crippen LogP contribution in [0, 0.1) is 6.92 Å². The number of nitrogens with one attached hydrogen (secondary N) is 2. The summed E-state index contributed by atoms with van der Waals surface area (Å²) >= 11 is 0. The first kappa shape index (κ1) is 15.0. The summed E-state index contributed by atoms with van der Waals surface area (Å²) in [5.41, 5.74) is 2.74. The molecule has 0 bridgehead atoms. The molecule has 0 aliphatic carbocycles. The molecule has 0 fully saturated rings. The predicted molar refractivity (Wildman–Crippen MR) is 79.9 cm³/mol. The van der Waals surface area contributed by atoms with E-state index in [9.17, 15) is 9.59 Å². The van der Waals surface area contributed by atoms with Crippen molar-refractivity contribution in [3.05, 3.63) is 35.8 Å². The summed E-state index contributed by atoms with van der Waals surface area (Å²) in [6.07, 6.45) is 4.79. The zero-order valence-corrected chi connectivity index (χ0v) is 12.3. The number of hydrogen-bond donors (Lipinski definition) is 2. The van der Waals surface area contributed by atoms with E-state index in [0.29, 0.717) is 13.1 Å². The van der Waals surface area contributed by atoms with Gasteiger partial charge in [-0.15, -0.1) is 0 Å². The number of amides is 2. The standard InChI is InChI=1S/C15H20N4O2/c1-11-4-7-19-10-13(18-14(19)8-11)9-15(21)17-6-3-5-16-12(2)20/h4,7-8,10H,3,5-6,9H2,1-2H3,(H,16,20)(H,17,21). The van der Waals surface area contributed by atoms with Crippen LogP contribution in [0.1, 0.15) is 24.6 Å². The van der Waals surface area contributed by atoms with Crippen LogP contribution in [-0.4, -0.2) is 34.3 Å². The number of aromatic nitrogens is 2. The lowest BCUT2D eigenvalue weighted by molar-refractivity contribution is -0.120. The second-order valence-corrected chi connectivity index (χ2v) is 5.07. The van der Waals surface area contributed by atoms with E-state index in [2.05, 4.69) is 15.6 Å². The van der Waals surface area contributed by atoms with Gasteiger partial charge in [-0.05, 0) is 31.0 Å². The van der Waals surface area contributed by atoms with E-state index < -0.39 is 0 Å². The highest BCUT2D eigenvalue weighted by molar-refractivity contribution is 5.78. The van der Waals surface area contributed by atoms with Crippen LogP contribution in [0.2, 0.25) is 0 Å². The Hall–Kier alpha value is -2.37. The van der Waals surface area contributed by atoms with Crippen molar-refractivity contribution in [3.63, 3.8) is 0 Å². The highest BCUT2D eigenvalue weighted by Crippen LogP contribution is 2.08. The third-order valence-electron chi connectivity index (χ3n) is 3.06. The van der Waals surface area contributed by atoms with Crippen molar-refractivity contribution in [2.45, 2.75) is 26.7 Å².